The van der Waals surface area contributed by atoms with Crippen LogP contribution >= 0.6 is 22.9 Å². The second-order valence-corrected chi connectivity index (χ2v) is 6.48. The lowest BCUT2D eigenvalue weighted by Gasteiger charge is -2.13. The van der Waals surface area contributed by atoms with E-state index < -0.39 is 0 Å². The Kier molecular flexibility index (Phi) is 4.02. The van der Waals surface area contributed by atoms with E-state index in [0.717, 1.165) is 22.8 Å². The van der Waals surface area contributed by atoms with Gasteiger partial charge in [-0.15, -0.1) is 28.0 Å². The van der Waals surface area contributed by atoms with Crippen molar-refractivity contribution >= 4 is 22.9 Å². The fourth-order valence-corrected chi connectivity index (χ4v) is 2.61. The van der Waals surface area contributed by atoms with Gasteiger partial charge in [-0.25, -0.2) is 9.67 Å². The van der Waals surface area contributed by atoms with Gasteiger partial charge in [-0.05, 0) is 0 Å². The molecule has 6 heteroatoms. The van der Waals surface area contributed by atoms with Gasteiger partial charge in [0.25, 0.3) is 0 Å². The fourth-order valence-electron chi connectivity index (χ4n) is 1.52. The van der Waals surface area contributed by atoms with Crippen LogP contribution in [0, 0.1) is 0 Å². The number of alkyl halides is 1. The van der Waals surface area contributed by atoms with Crippen LogP contribution in [0.4, 0.5) is 0 Å². The van der Waals surface area contributed by atoms with E-state index in [-0.39, 0.29) is 5.41 Å². The molecule has 0 aliphatic rings. The summed E-state index contributed by atoms with van der Waals surface area (Å²) in [7, 11) is 0. The highest BCUT2D eigenvalue weighted by molar-refractivity contribution is 7.09. The number of thiazole rings is 1. The topological polar surface area (TPSA) is 43.6 Å². The summed E-state index contributed by atoms with van der Waals surface area (Å²) >= 11 is 7.37. The van der Waals surface area contributed by atoms with Gasteiger partial charge < -0.3 is 0 Å². The Hall–Kier alpha value is -0.940. The van der Waals surface area contributed by atoms with Crippen LogP contribution in [0.2, 0.25) is 0 Å². The smallest absolute Gasteiger partial charge is 0.0982 e. The molecule has 0 bridgehead atoms. The van der Waals surface area contributed by atoms with Crippen molar-refractivity contribution in [1.82, 2.24) is 20.0 Å². The summed E-state index contributed by atoms with van der Waals surface area (Å²) in [5, 5.41) is 11.4. The van der Waals surface area contributed by atoms with E-state index in [1.807, 2.05) is 10.9 Å². The van der Waals surface area contributed by atoms with Gasteiger partial charge in [0.15, 0.2) is 0 Å². The van der Waals surface area contributed by atoms with Gasteiger partial charge in [0.05, 0.1) is 22.9 Å². The van der Waals surface area contributed by atoms with Gasteiger partial charge in [-0.2, -0.15) is 0 Å². The molecule has 98 valence electrons. The third-order valence-corrected chi connectivity index (χ3v) is 3.96. The monoisotopic (exact) mass is 284 g/mol. The molecule has 0 amide bonds. The van der Waals surface area contributed by atoms with E-state index >= 15 is 0 Å². The molecule has 0 N–H and O–H groups in total. The van der Waals surface area contributed by atoms with Crippen molar-refractivity contribution in [3.8, 4) is 0 Å². The first kappa shape index (κ1) is 13.5. The number of aromatic nitrogens is 4. The average molecular weight is 285 g/mol. The second kappa shape index (κ2) is 5.36. The van der Waals surface area contributed by atoms with Crippen molar-refractivity contribution in [2.24, 2.45) is 0 Å². The lowest BCUT2D eigenvalue weighted by Crippen LogP contribution is -2.11. The summed E-state index contributed by atoms with van der Waals surface area (Å²) in [5.41, 5.74) is 2.07. The maximum absolute atomic E-state index is 5.67. The maximum atomic E-state index is 5.67. The van der Waals surface area contributed by atoms with Crippen LogP contribution in [0.5, 0.6) is 0 Å². The molecule has 0 radical (unpaired) electrons. The molecule has 2 aromatic heterocycles. The van der Waals surface area contributed by atoms with Gasteiger partial charge in [-0.1, -0.05) is 26.0 Å². The Labute approximate surface area is 116 Å². The summed E-state index contributed by atoms with van der Waals surface area (Å²) in [4.78, 5) is 4.64. The van der Waals surface area contributed by atoms with Crippen LogP contribution in [0.3, 0.4) is 0 Å². The molecule has 2 aromatic rings. The summed E-state index contributed by atoms with van der Waals surface area (Å²) in [5.74, 6) is 0.573. The van der Waals surface area contributed by atoms with Crippen LogP contribution in [0.25, 0.3) is 0 Å². The molecule has 0 fully saturated rings. The number of halogens is 1. The number of hydrogen-bond acceptors (Lipinski definition) is 4. The van der Waals surface area contributed by atoms with E-state index in [9.17, 15) is 0 Å². The Balaban J connectivity index is 2.06. The number of aryl methyl sites for hydroxylation is 1. The van der Waals surface area contributed by atoms with Crippen molar-refractivity contribution in [3.63, 3.8) is 0 Å². The highest BCUT2D eigenvalue weighted by Crippen LogP contribution is 2.25. The highest BCUT2D eigenvalue weighted by atomic mass is 35.5. The van der Waals surface area contributed by atoms with Gasteiger partial charge in [-0.3, -0.25) is 0 Å². The molecule has 2 rings (SSSR count). The quantitative estimate of drug-likeness (QED) is 0.811. The summed E-state index contributed by atoms with van der Waals surface area (Å²) in [6.07, 6.45) is 2.68. The minimum Gasteiger partial charge on any atom is -0.246 e. The van der Waals surface area contributed by atoms with E-state index in [4.69, 9.17) is 11.6 Å². The molecular weight excluding hydrogens is 268 g/mol. The zero-order valence-corrected chi connectivity index (χ0v) is 12.4. The molecule has 0 spiro atoms. The fraction of sp³-hybridized carbons (Fsp3) is 0.583. The third-order valence-electron chi connectivity index (χ3n) is 2.45. The Bertz CT molecular complexity index is 512. The molecule has 0 saturated carbocycles. The predicted molar refractivity (Wildman–Crippen MR) is 74.4 cm³/mol. The van der Waals surface area contributed by atoms with Crippen LogP contribution in [0.1, 0.15) is 37.2 Å². The zero-order chi connectivity index (χ0) is 13.2. The van der Waals surface area contributed by atoms with E-state index in [0.29, 0.717) is 12.4 Å². The van der Waals surface area contributed by atoms with Gasteiger partial charge in [0.2, 0.25) is 0 Å². The molecule has 0 aliphatic carbocycles. The second-order valence-electron chi connectivity index (χ2n) is 5.24. The normalized spacial score (nSPS) is 12.0. The van der Waals surface area contributed by atoms with Crippen LogP contribution in [0.15, 0.2) is 11.6 Å². The van der Waals surface area contributed by atoms with Gasteiger partial charge >= 0.3 is 0 Å². The van der Waals surface area contributed by atoms with Gasteiger partial charge in [0, 0.05) is 29.3 Å². The standard InChI is InChI=1S/C12H17ClN4S/c1-12(2,3)11-14-10(8-18-11)7-17-6-9(4-5-13)15-16-17/h6,8H,4-5,7H2,1-3H3. The summed E-state index contributed by atoms with van der Waals surface area (Å²) in [6.45, 7) is 7.18. The molecule has 4 nitrogen and oxygen atoms in total. The van der Waals surface area contributed by atoms with Crippen LogP contribution in [-0.4, -0.2) is 25.9 Å². The first-order valence-electron chi connectivity index (χ1n) is 5.89. The van der Waals surface area contributed by atoms with Crippen molar-refractivity contribution in [1.29, 1.82) is 0 Å². The lowest BCUT2D eigenvalue weighted by molar-refractivity contribution is 0.577. The van der Waals surface area contributed by atoms with Crippen LogP contribution < -0.4 is 0 Å². The van der Waals surface area contributed by atoms with Crippen molar-refractivity contribution in [2.75, 3.05) is 5.88 Å². The zero-order valence-electron chi connectivity index (χ0n) is 10.9. The Morgan fingerprint density at radius 1 is 1.33 bits per heavy atom. The molecule has 2 heterocycles. The SMILES string of the molecule is CC(C)(C)c1nc(Cn2cc(CCCl)nn2)cs1. The molecule has 0 saturated heterocycles. The lowest BCUT2D eigenvalue weighted by atomic mass is 9.98. The van der Waals surface area contributed by atoms with E-state index in [1.54, 1.807) is 11.3 Å². The molecule has 0 aromatic carbocycles. The Morgan fingerprint density at radius 3 is 2.72 bits per heavy atom. The highest BCUT2D eigenvalue weighted by Gasteiger charge is 2.18. The van der Waals surface area contributed by atoms with Crippen molar-refractivity contribution in [3.05, 3.63) is 28.0 Å². The van der Waals surface area contributed by atoms with Crippen molar-refractivity contribution < 1.29 is 0 Å². The number of nitrogens with zero attached hydrogens (tertiary/aromatic N) is 4. The molecule has 0 atom stereocenters. The maximum Gasteiger partial charge on any atom is 0.0982 e. The molecule has 0 unspecified atom stereocenters. The average Bonchev–Trinajstić information content (AvgIpc) is 2.88. The first-order chi connectivity index (χ1) is 8.49. The third kappa shape index (κ3) is 3.29. The molecular formula is C12H17ClN4S. The van der Waals surface area contributed by atoms with E-state index in [2.05, 4.69) is 41.4 Å². The largest absolute Gasteiger partial charge is 0.246 e. The Morgan fingerprint density at radius 2 is 2.11 bits per heavy atom. The first-order valence-corrected chi connectivity index (χ1v) is 7.30. The minimum atomic E-state index is 0.106. The van der Waals surface area contributed by atoms with Crippen LogP contribution in [-0.2, 0) is 18.4 Å². The van der Waals surface area contributed by atoms with E-state index in [1.165, 1.54) is 0 Å². The molecule has 18 heavy (non-hydrogen) atoms. The molecule has 0 aliphatic heterocycles. The summed E-state index contributed by atoms with van der Waals surface area (Å²) < 4.78 is 1.81. The number of hydrogen-bond donors (Lipinski definition) is 0. The van der Waals surface area contributed by atoms with Gasteiger partial charge in [0.1, 0.15) is 0 Å². The number of rotatable bonds is 4. The predicted octanol–water partition coefficient (Wildman–Crippen LogP) is 2.86. The minimum absolute atomic E-state index is 0.106. The van der Waals surface area contributed by atoms with Crippen molar-refractivity contribution in [2.45, 2.75) is 39.2 Å². The summed E-state index contributed by atoms with van der Waals surface area (Å²) in [6, 6.07) is 0.